The fourth-order valence-corrected chi connectivity index (χ4v) is 9.56. The minimum atomic E-state index is -4.25. The Kier molecular flexibility index (Phi) is 15.6. The van der Waals surface area contributed by atoms with Gasteiger partial charge in [-0.3, -0.25) is 9.36 Å². The number of phosphoric ester groups is 1. The fourth-order valence-electron chi connectivity index (χ4n) is 8.23. The number of fused-ring (bicyclic) bond motifs is 2. The molecule has 1 N–H and O–H groups in total. The highest BCUT2D eigenvalue weighted by Crippen LogP contribution is 2.48. The van der Waals surface area contributed by atoms with Crippen LogP contribution in [0.1, 0.15) is 103 Å². The number of nitrogens with one attached hydrogen (secondary N) is 1. The first kappa shape index (κ1) is 45.7. The van der Waals surface area contributed by atoms with E-state index in [1.54, 1.807) is 0 Å². The summed E-state index contributed by atoms with van der Waals surface area (Å²) in [5.41, 5.74) is 8.75. The Balaban J connectivity index is 1.28. The summed E-state index contributed by atoms with van der Waals surface area (Å²) >= 11 is 7.21. The van der Waals surface area contributed by atoms with Crippen molar-refractivity contribution in [2.24, 2.45) is 0 Å². The van der Waals surface area contributed by atoms with Crippen molar-refractivity contribution >= 4 is 52.5 Å². The van der Waals surface area contributed by atoms with Gasteiger partial charge in [-0.2, -0.15) is 4.58 Å². The Labute approximate surface area is 349 Å². The molecule has 316 valence electrons. The van der Waals surface area contributed by atoms with E-state index in [9.17, 15) is 27.2 Å². The molecule has 0 fully saturated rings. The maximum atomic E-state index is 12.4. The van der Waals surface area contributed by atoms with Crippen molar-refractivity contribution in [2.45, 2.75) is 103 Å². The van der Waals surface area contributed by atoms with Crippen LogP contribution in [-0.2, 0) is 39.4 Å². The molecule has 0 saturated heterocycles. The van der Waals surface area contributed by atoms with Gasteiger partial charge in [-0.25, -0.2) is 8.42 Å². The van der Waals surface area contributed by atoms with Gasteiger partial charge in [0.15, 0.2) is 5.71 Å². The van der Waals surface area contributed by atoms with Crippen LogP contribution >= 0.6 is 19.4 Å². The first-order valence-electron chi connectivity index (χ1n) is 20.3. The SMILES string of the molecule is COP(=O)([O-])OCCCNC(=O)CCCCC[N+]1=C(/C=C/C2=C(Cl)C(=C/C=C3/N(CCCCS(=O)(=O)[O-])c4ccccc4C3(C)C)/CCC2)C(C)(C)c2ccccc21. The number of carbonyl (C=O) groups is 1. The van der Waals surface area contributed by atoms with Gasteiger partial charge < -0.3 is 28.7 Å². The van der Waals surface area contributed by atoms with E-state index in [2.05, 4.69) is 112 Å². The molecule has 2 heterocycles. The van der Waals surface area contributed by atoms with E-state index in [1.807, 2.05) is 12.1 Å². The number of rotatable bonds is 20. The number of carbonyl (C=O) groups excluding carboxylic acids is 1. The Bertz CT molecular complexity index is 2140. The minimum absolute atomic E-state index is 0.0472. The van der Waals surface area contributed by atoms with E-state index in [0.29, 0.717) is 38.8 Å². The fraction of sp³-hybridized carbons (Fsp3) is 0.500. The first-order valence-corrected chi connectivity index (χ1v) is 23.7. The predicted molar refractivity (Wildman–Crippen MR) is 229 cm³/mol. The Morgan fingerprint density at radius 3 is 2.41 bits per heavy atom. The van der Waals surface area contributed by atoms with Crippen LogP contribution < -0.4 is 15.1 Å². The number of amides is 1. The van der Waals surface area contributed by atoms with Gasteiger partial charge in [0.2, 0.25) is 11.6 Å². The highest BCUT2D eigenvalue weighted by atomic mass is 35.5. The zero-order valence-corrected chi connectivity index (χ0v) is 36.9. The molecule has 1 amide bonds. The van der Waals surface area contributed by atoms with Crippen molar-refractivity contribution in [3.63, 3.8) is 0 Å². The van der Waals surface area contributed by atoms with Gasteiger partial charge in [-0.05, 0) is 94.1 Å². The van der Waals surface area contributed by atoms with Crippen molar-refractivity contribution in [1.29, 1.82) is 0 Å². The van der Waals surface area contributed by atoms with Crippen LogP contribution in [0, 0.1) is 0 Å². The van der Waals surface area contributed by atoms with Crippen LogP contribution in [-0.4, -0.2) is 68.3 Å². The Morgan fingerprint density at radius 2 is 1.67 bits per heavy atom. The summed E-state index contributed by atoms with van der Waals surface area (Å²) in [6.45, 7) is 10.6. The third-order valence-corrected chi connectivity index (χ3v) is 13.6. The maximum absolute atomic E-state index is 12.4. The summed E-state index contributed by atoms with van der Waals surface area (Å²) in [7, 11) is -7.46. The average molecular weight is 855 g/mol. The molecule has 2 aromatic rings. The molecule has 0 radical (unpaired) electrons. The van der Waals surface area contributed by atoms with Crippen molar-refractivity contribution < 1.29 is 40.8 Å². The molecule has 1 aliphatic carbocycles. The molecule has 0 bridgehead atoms. The number of nitrogens with zero attached hydrogens (tertiary/aromatic N) is 2. The van der Waals surface area contributed by atoms with Gasteiger partial charge in [0.25, 0.3) is 7.82 Å². The molecule has 11 nitrogen and oxygen atoms in total. The molecule has 58 heavy (non-hydrogen) atoms. The third kappa shape index (κ3) is 11.5. The van der Waals surface area contributed by atoms with Crippen LogP contribution in [0.2, 0.25) is 0 Å². The molecule has 2 aliphatic heterocycles. The summed E-state index contributed by atoms with van der Waals surface area (Å²) in [5.74, 6) is -0.427. The topological polar surface area (TPSA) is 151 Å². The summed E-state index contributed by atoms with van der Waals surface area (Å²) in [4.78, 5) is 25.9. The average Bonchev–Trinajstić information content (AvgIpc) is 3.53. The third-order valence-electron chi connectivity index (χ3n) is 11.4. The van der Waals surface area contributed by atoms with Gasteiger partial charge >= 0.3 is 0 Å². The van der Waals surface area contributed by atoms with Gasteiger partial charge in [-0.1, -0.05) is 74.0 Å². The number of unbranched alkanes of at least 4 members (excludes halogenated alkanes) is 3. The molecule has 5 rings (SSSR count). The molecule has 0 spiro atoms. The molecule has 2 aromatic carbocycles. The lowest BCUT2D eigenvalue weighted by Crippen LogP contribution is -2.28. The summed E-state index contributed by atoms with van der Waals surface area (Å²) in [6, 6.07) is 16.8. The lowest BCUT2D eigenvalue weighted by atomic mass is 9.81. The van der Waals surface area contributed by atoms with Crippen molar-refractivity contribution in [3.05, 3.63) is 106 Å². The molecule has 0 aromatic heterocycles. The molecule has 1 unspecified atom stereocenters. The highest BCUT2D eigenvalue weighted by Gasteiger charge is 2.44. The number of allylic oxidation sites excluding steroid dienone is 8. The Hall–Kier alpha value is -3.35. The monoisotopic (exact) mass is 854 g/mol. The summed E-state index contributed by atoms with van der Waals surface area (Å²) in [6.07, 6.45) is 15.6. The normalized spacial score (nSPS) is 20.0. The van der Waals surface area contributed by atoms with Crippen molar-refractivity contribution in [3.8, 4) is 0 Å². The minimum Gasteiger partial charge on any atom is -0.756 e. The van der Waals surface area contributed by atoms with E-state index in [1.165, 1.54) is 22.5 Å². The van der Waals surface area contributed by atoms with Crippen LogP contribution in [0.15, 0.2) is 94.7 Å². The van der Waals surface area contributed by atoms with Gasteiger partial charge in [-0.15, -0.1) is 0 Å². The number of hydrogen-bond donors (Lipinski definition) is 1. The maximum Gasteiger partial charge on any atom is 0.267 e. The van der Waals surface area contributed by atoms with Gasteiger partial charge in [0.05, 0.1) is 22.1 Å². The van der Waals surface area contributed by atoms with Crippen LogP contribution in [0.4, 0.5) is 11.4 Å². The summed E-state index contributed by atoms with van der Waals surface area (Å²) < 4.78 is 56.4. The van der Waals surface area contributed by atoms with E-state index in [-0.39, 0.29) is 29.1 Å². The molecular weight excluding hydrogens is 797 g/mol. The zero-order chi connectivity index (χ0) is 42.1. The van der Waals surface area contributed by atoms with Gasteiger partial charge in [0, 0.05) is 78.3 Å². The van der Waals surface area contributed by atoms with E-state index in [4.69, 9.17) is 11.6 Å². The zero-order valence-electron chi connectivity index (χ0n) is 34.4. The molecule has 1 atom stereocenters. The van der Waals surface area contributed by atoms with Gasteiger partial charge in [0.1, 0.15) is 6.54 Å². The molecule has 3 aliphatic rings. The van der Waals surface area contributed by atoms with E-state index in [0.717, 1.165) is 79.7 Å². The van der Waals surface area contributed by atoms with Crippen molar-refractivity contribution in [2.75, 3.05) is 44.0 Å². The molecule has 14 heteroatoms. The number of para-hydroxylation sites is 2. The number of halogens is 1. The lowest BCUT2D eigenvalue weighted by molar-refractivity contribution is -0.438. The molecular formula is C44H58ClN3O8PS-. The second kappa shape index (κ2) is 19.8. The van der Waals surface area contributed by atoms with Crippen LogP contribution in [0.5, 0.6) is 0 Å². The molecule has 0 saturated carbocycles. The first-order chi connectivity index (χ1) is 27.5. The summed E-state index contributed by atoms with van der Waals surface area (Å²) in [5, 5.41) is 3.59. The van der Waals surface area contributed by atoms with E-state index >= 15 is 0 Å². The Morgan fingerprint density at radius 1 is 0.948 bits per heavy atom. The largest absolute Gasteiger partial charge is 0.756 e. The smallest absolute Gasteiger partial charge is 0.267 e. The van der Waals surface area contributed by atoms with E-state index < -0.39 is 17.9 Å². The van der Waals surface area contributed by atoms with Crippen LogP contribution in [0.25, 0.3) is 0 Å². The van der Waals surface area contributed by atoms with Crippen molar-refractivity contribution in [1.82, 2.24) is 5.32 Å². The number of anilines is 1. The predicted octanol–water partition coefficient (Wildman–Crippen LogP) is 8.43. The standard InChI is InChI=1S/C44H59ClN3O8PS/c1-43(2)35-19-8-10-21-37(35)47(29-12-6-7-23-41(49)46-28-16-31-56-57(50,51)55-5)39(43)26-24-33-17-15-18-34(42(33)45)25-27-40-44(3,4)36-20-9-11-22-38(36)48(40)30-13-14-32-58(52,53)54/h8-11,19-22,24-27H,6-7,12-18,23,28-32H2,1-5H3,(H2-,46,49,50,51,52,53,54)/p-1. The number of benzene rings is 2. The highest BCUT2D eigenvalue weighted by molar-refractivity contribution is 7.85. The number of hydrogen-bond acceptors (Lipinski definition) is 9. The second-order valence-corrected chi connectivity index (χ2v) is 19.6. The number of phosphoric acid groups is 1. The van der Waals surface area contributed by atoms with Crippen LogP contribution in [0.3, 0.4) is 0 Å². The lowest BCUT2D eigenvalue weighted by Gasteiger charge is -2.27. The quantitative estimate of drug-likeness (QED) is 0.0599. The second-order valence-electron chi connectivity index (χ2n) is 16.2.